The number of nitrogens with zero attached hydrogens (tertiary/aromatic N) is 1. The largest absolute Gasteiger partial charge is 0.493 e. The SMILES string of the molecule is C/C=C\CCCC.CCCCCCCC(=O)CCC1CCCCCC1.COc1cc(/C=C/C(=O)OCc2ccc(CO[N+](=O)[O-])cc2)ccc1OC(=O)C(C)NC=O. The number of ketones is 1. The average molecular weight is 809 g/mol. The molecule has 0 aromatic heterocycles. The minimum atomic E-state index is -0.869. The number of benzene rings is 2. The number of nitrogens with one attached hydrogen (secondary N) is 1. The van der Waals surface area contributed by atoms with Gasteiger partial charge in [-0.25, -0.2) is 9.59 Å². The van der Waals surface area contributed by atoms with Gasteiger partial charge in [-0.15, -0.1) is 10.1 Å². The van der Waals surface area contributed by atoms with Crippen LogP contribution in [0.3, 0.4) is 0 Å². The van der Waals surface area contributed by atoms with Gasteiger partial charge in [0.1, 0.15) is 25.0 Å². The predicted octanol–water partition coefficient (Wildman–Crippen LogP) is 10.6. The third-order valence-electron chi connectivity index (χ3n) is 9.55. The molecule has 0 radical (unpaired) electrons. The third-order valence-corrected chi connectivity index (χ3v) is 9.55. The number of esters is 2. The number of Topliss-reactive ketones (excluding diaryl/α,β-unsaturated/α-hetero) is 1. The Bertz CT molecular complexity index is 1510. The maximum absolute atomic E-state index is 12.0. The van der Waals surface area contributed by atoms with Crippen LogP contribution in [0.25, 0.3) is 6.08 Å². The molecular formula is C46H68N2O10. The molecule has 12 heteroatoms. The molecule has 2 aromatic carbocycles. The molecule has 1 N–H and O–H groups in total. The second kappa shape index (κ2) is 33.0. The van der Waals surface area contributed by atoms with Crippen molar-refractivity contribution in [2.75, 3.05) is 7.11 Å². The molecule has 1 unspecified atom stereocenters. The van der Waals surface area contributed by atoms with E-state index >= 15 is 0 Å². The van der Waals surface area contributed by atoms with Gasteiger partial charge >= 0.3 is 11.9 Å². The van der Waals surface area contributed by atoms with Gasteiger partial charge in [-0.2, -0.15) is 0 Å². The molecule has 1 saturated carbocycles. The first-order valence-corrected chi connectivity index (χ1v) is 21.0. The van der Waals surface area contributed by atoms with E-state index in [0.717, 1.165) is 25.2 Å². The zero-order valence-corrected chi connectivity index (χ0v) is 35.5. The molecule has 0 saturated heterocycles. The number of rotatable bonds is 24. The fourth-order valence-corrected chi connectivity index (χ4v) is 6.02. The van der Waals surface area contributed by atoms with Crippen LogP contribution >= 0.6 is 0 Å². The van der Waals surface area contributed by atoms with Crippen molar-refractivity contribution in [2.24, 2.45) is 5.92 Å². The van der Waals surface area contributed by atoms with Gasteiger partial charge in [0, 0.05) is 18.9 Å². The number of amides is 1. The Morgan fingerprint density at radius 1 is 0.879 bits per heavy atom. The van der Waals surface area contributed by atoms with E-state index in [4.69, 9.17) is 14.2 Å². The number of unbranched alkanes of at least 4 members (excludes halogenated alkanes) is 6. The van der Waals surface area contributed by atoms with Crippen molar-refractivity contribution in [2.45, 2.75) is 156 Å². The molecule has 1 fully saturated rings. The summed E-state index contributed by atoms with van der Waals surface area (Å²) in [5.41, 5.74) is 1.91. The summed E-state index contributed by atoms with van der Waals surface area (Å²) in [5.74, 6) is 0.559. The maximum atomic E-state index is 12.0. The minimum Gasteiger partial charge on any atom is -0.493 e. The van der Waals surface area contributed by atoms with E-state index in [1.807, 2.05) is 0 Å². The zero-order chi connectivity index (χ0) is 42.8. The summed E-state index contributed by atoms with van der Waals surface area (Å²) in [5, 5.41) is 11.6. The predicted molar refractivity (Wildman–Crippen MR) is 227 cm³/mol. The number of methoxy groups -OCH3 is 1. The smallest absolute Gasteiger partial charge is 0.333 e. The van der Waals surface area contributed by atoms with Crippen LogP contribution in [0.1, 0.15) is 154 Å². The summed E-state index contributed by atoms with van der Waals surface area (Å²) < 4.78 is 15.6. The van der Waals surface area contributed by atoms with Crippen molar-refractivity contribution in [3.8, 4) is 11.5 Å². The van der Waals surface area contributed by atoms with Gasteiger partial charge in [-0.3, -0.25) is 9.59 Å². The van der Waals surface area contributed by atoms with E-state index in [-0.39, 0.29) is 24.7 Å². The summed E-state index contributed by atoms with van der Waals surface area (Å²) in [6, 6.07) is 10.5. The van der Waals surface area contributed by atoms with Gasteiger partial charge in [0.2, 0.25) is 6.41 Å². The quantitative estimate of drug-likeness (QED) is 0.0124. The van der Waals surface area contributed by atoms with Crippen molar-refractivity contribution in [1.82, 2.24) is 5.32 Å². The van der Waals surface area contributed by atoms with Crippen molar-refractivity contribution in [1.29, 1.82) is 0 Å². The molecule has 0 aliphatic heterocycles. The van der Waals surface area contributed by atoms with Gasteiger partial charge in [-0.05, 0) is 73.9 Å². The summed E-state index contributed by atoms with van der Waals surface area (Å²) in [6.45, 7) is 7.85. The maximum Gasteiger partial charge on any atom is 0.333 e. The van der Waals surface area contributed by atoms with Crippen LogP contribution in [0.5, 0.6) is 11.5 Å². The monoisotopic (exact) mass is 808 g/mol. The van der Waals surface area contributed by atoms with Crippen LogP contribution < -0.4 is 14.8 Å². The molecule has 1 aliphatic carbocycles. The van der Waals surface area contributed by atoms with Crippen LogP contribution in [0.15, 0.2) is 60.7 Å². The van der Waals surface area contributed by atoms with Crippen molar-refractivity contribution >= 4 is 30.2 Å². The lowest BCUT2D eigenvalue weighted by Crippen LogP contribution is -2.36. The molecule has 58 heavy (non-hydrogen) atoms. The Morgan fingerprint density at radius 3 is 2.14 bits per heavy atom. The van der Waals surface area contributed by atoms with E-state index in [2.05, 4.69) is 43.1 Å². The average Bonchev–Trinajstić information content (AvgIpc) is 3.51. The molecule has 1 atom stereocenters. The van der Waals surface area contributed by atoms with Crippen LogP contribution in [-0.2, 0) is 42.0 Å². The van der Waals surface area contributed by atoms with Gasteiger partial charge in [-0.1, -0.05) is 133 Å². The lowest BCUT2D eigenvalue weighted by Gasteiger charge is -2.13. The molecule has 1 amide bonds. The van der Waals surface area contributed by atoms with Crippen molar-refractivity contribution < 1.29 is 43.3 Å². The third kappa shape index (κ3) is 25.3. The highest BCUT2D eigenvalue weighted by Gasteiger charge is 2.17. The molecule has 1 aliphatic rings. The Morgan fingerprint density at radius 2 is 1.53 bits per heavy atom. The minimum absolute atomic E-state index is 0.0186. The molecule has 12 nitrogen and oxygen atoms in total. The zero-order valence-electron chi connectivity index (χ0n) is 35.5. The number of ether oxygens (including phenoxy) is 3. The first-order valence-electron chi connectivity index (χ1n) is 21.0. The van der Waals surface area contributed by atoms with Crippen LogP contribution in [-0.4, -0.2) is 42.4 Å². The number of carbonyl (C=O) groups is 4. The van der Waals surface area contributed by atoms with Crippen LogP contribution in [0, 0.1) is 16.0 Å². The van der Waals surface area contributed by atoms with Gasteiger partial charge in [0.25, 0.3) is 5.09 Å². The fraction of sp³-hybridized carbons (Fsp3) is 0.565. The lowest BCUT2D eigenvalue weighted by molar-refractivity contribution is -0.763. The fourth-order valence-electron chi connectivity index (χ4n) is 6.02. The second-order valence-corrected chi connectivity index (χ2v) is 14.4. The highest BCUT2D eigenvalue weighted by molar-refractivity contribution is 5.87. The van der Waals surface area contributed by atoms with Crippen molar-refractivity contribution in [3.05, 3.63) is 87.5 Å². The van der Waals surface area contributed by atoms with E-state index in [0.29, 0.717) is 28.9 Å². The normalized spacial score (nSPS) is 13.2. The van der Waals surface area contributed by atoms with Crippen LogP contribution in [0.4, 0.5) is 0 Å². The van der Waals surface area contributed by atoms with Gasteiger partial charge < -0.3 is 24.4 Å². The first-order chi connectivity index (χ1) is 28.1. The molecule has 2 aromatic rings. The number of hydrogen-bond acceptors (Lipinski definition) is 10. The number of allylic oxidation sites excluding steroid dienone is 2. The molecule has 0 spiro atoms. The van der Waals surface area contributed by atoms with E-state index in [1.165, 1.54) is 122 Å². The summed E-state index contributed by atoms with van der Waals surface area (Å²) in [4.78, 5) is 60.7. The first kappa shape index (κ1) is 51.0. The number of hydrogen-bond donors (Lipinski definition) is 1. The topological polar surface area (TPSA) is 160 Å². The highest BCUT2D eigenvalue weighted by atomic mass is 16.9. The molecule has 0 heterocycles. The van der Waals surface area contributed by atoms with Gasteiger partial charge in [0.15, 0.2) is 11.5 Å². The Kier molecular flexibility index (Phi) is 29.0. The lowest BCUT2D eigenvalue weighted by atomic mass is 9.93. The summed E-state index contributed by atoms with van der Waals surface area (Å²) >= 11 is 0. The molecular weight excluding hydrogens is 741 g/mol. The Labute approximate surface area is 346 Å². The summed E-state index contributed by atoms with van der Waals surface area (Å²) in [7, 11) is 1.40. The molecule has 322 valence electrons. The Balaban J connectivity index is 0.000000559. The van der Waals surface area contributed by atoms with Crippen molar-refractivity contribution in [3.63, 3.8) is 0 Å². The van der Waals surface area contributed by atoms with Gasteiger partial charge in [0.05, 0.1) is 7.11 Å². The number of carbonyl (C=O) groups excluding carboxylic acids is 4. The standard InChI is InChI=1S/C22H22N2O9.C17H32O.C7H14/c1-15(23-14-25)22(27)33-19-9-7-16(11-20(19)30-2)8-10-21(26)31-12-17-3-5-18(6-4-17)13-32-24(28)29;1-2-3-4-5-10-13-17(18)15-14-16-11-8-6-7-9-12-16;1-3-5-7-6-4-2/h3-11,14-15H,12-13H2,1-2H3,(H,23,25);16H,2-15H2,1H3;3,5H,4,6-7H2,1-2H3/b10-8+;;5-3-. The van der Waals surface area contributed by atoms with E-state index in [1.54, 1.807) is 36.4 Å². The molecule has 3 rings (SSSR count). The second-order valence-electron chi connectivity index (χ2n) is 14.4. The highest BCUT2D eigenvalue weighted by Crippen LogP contribution is 2.29. The van der Waals surface area contributed by atoms with E-state index < -0.39 is 23.1 Å². The Hall–Kier alpha value is -5.00. The molecule has 0 bridgehead atoms. The summed E-state index contributed by atoms with van der Waals surface area (Å²) in [6.07, 6.45) is 28.9. The van der Waals surface area contributed by atoms with E-state index in [9.17, 15) is 29.3 Å². The van der Waals surface area contributed by atoms with Crippen LogP contribution in [0.2, 0.25) is 0 Å².